The average Bonchev–Trinajstić information content (AvgIpc) is 2.39. The highest BCUT2D eigenvalue weighted by Gasteiger charge is 2.29. The van der Waals surface area contributed by atoms with E-state index in [1.807, 2.05) is 19.1 Å². The van der Waals surface area contributed by atoms with Crippen LogP contribution in [-0.4, -0.2) is 47.8 Å². The zero-order valence-corrected chi connectivity index (χ0v) is 11.8. The van der Waals surface area contributed by atoms with Crippen LogP contribution in [-0.2, 0) is 4.74 Å². The smallest absolute Gasteiger partial charge is 0.254 e. The molecule has 5 heteroatoms. The molecule has 1 aromatic rings. The third kappa shape index (κ3) is 2.91. The Morgan fingerprint density at radius 3 is 2.78 bits per heavy atom. The van der Waals surface area contributed by atoms with Crippen LogP contribution < -0.4 is 0 Å². The van der Waals surface area contributed by atoms with E-state index in [0.29, 0.717) is 18.7 Å². The van der Waals surface area contributed by atoms with Gasteiger partial charge in [-0.2, -0.15) is 0 Å². The van der Waals surface area contributed by atoms with Crippen molar-refractivity contribution in [2.45, 2.75) is 19.1 Å². The van der Waals surface area contributed by atoms with Crippen molar-refractivity contribution in [2.24, 2.45) is 0 Å². The summed E-state index contributed by atoms with van der Waals surface area (Å²) in [6.07, 6.45) is -0.277. The molecule has 1 saturated heterocycles. The number of ether oxygens (including phenoxy) is 1. The number of aliphatic hydroxyl groups excluding tert-OH is 1. The number of hydrogen-bond acceptors (Lipinski definition) is 3. The Balaban J connectivity index is 2.13. The van der Waals surface area contributed by atoms with E-state index in [9.17, 15) is 4.79 Å². The van der Waals surface area contributed by atoms with Crippen LogP contribution in [0.15, 0.2) is 28.7 Å². The highest BCUT2D eigenvalue weighted by molar-refractivity contribution is 9.10. The lowest BCUT2D eigenvalue weighted by Gasteiger charge is -2.37. The quantitative estimate of drug-likeness (QED) is 0.903. The number of morpholine rings is 1. The summed E-state index contributed by atoms with van der Waals surface area (Å²) in [6, 6.07) is 7.32. The van der Waals surface area contributed by atoms with Gasteiger partial charge < -0.3 is 14.7 Å². The monoisotopic (exact) mass is 313 g/mol. The first-order valence-corrected chi connectivity index (χ1v) is 6.70. The molecule has 1 heterocycles. The third-order valence-electron chi connectivity index (χ3n) is 3.06. The normalized spacial score (nSPS) is 24.1. The van der Waals surface area contributed by atoms with Crippen molar-refractivity contribution in [3.63, 3.8) is 0 Å². The van der Waals surface area contributed by atoms with Crippen LogP contribution in [0.4, 0.5) is 0 Å². The zero-order chi connectivity index (χ0) is 13.1. The SMILES string of the molecule is CC1COC(CO)CN1C(=O)c1ccc(Br)cc1. The molecule has 2 unspecified atom stereocenters. The van der Waals surface area contributed by atoms with Crippen LogP contribution in [0.5, 0.6) is 0 Å². The van der Waals surface area contributed by atoms with Gasteiger partial charge in [0.2, 0.25) is 0 Å². The number of halogens is 1. The molecular formula is C13H16BrNO3. The van der Waals surface area contributed by atoms with Crippen molar-refractivity contribution >= 4 is 21.8 Å². The lowest BCUT2D eigenvalue weighted by Crippen LogP contribution is -2.52. The summed E-state index contributed by atoms with van der Waals surface area (Å²) in [5.41, 5.74) is 0.656. The molecule has 0 saturated carbocycles. The van der Waals surface area contributed by atoms with Crippen LogP contribution >= 0.6 is 15.9 Å². The maximum Gasteiger partial charge on any atom is 0.254 e. The van der Waals surface area contributed by atoms with Gasteiger partial charge >= 0.3 is 0 Å². The maximum absolute atomic E-state index is 12.4. The largest absolute Gasteiger partial charge is 0.394 e. The van der Waals surface area contributed by atoms with Gasteiger partial charge in [-0.1, -0.05) is 15.9 Å². The van der Waals surface area contributed by atoms with E-state index in [-0.39, 0.29) is 24.7 Å². The average molecular weight is 314 g/mol. The molecule has 0 aromatic heterocycles. The molecule has 1 amide bonds. The van der Waals surface area contributed by atoms with Crippen LogP contribution in [0.25, 0.3) is 0 Å². The van der Waals surface area contributed by atoms with E-state index in [0.717, 1.165) is 4.47 Å². The van der Waals surface area contributed by atoms with Gasteiger partial charge in [0.15, 0.2) is 0 Å². The van der Waals surface area contributed by atoms with Gasteiger partial charge in [0, 0.05) is 16.6 Å². The second-order valence-electron chi connectivity index (χ2n) is 4.45. The molecule has 1 aliphatic rings. The van der Waals surface area contributed by atoms with Gasteiger partial charge in [-0.15, -0.1) is 0 Å². The molecule has 0 bridgehead atoms. The summed E-state index contributed by atoms with van der Waals surface area (Å²) in [4.78, 5) is 14.1. The fourth-order valence-electron chi connectivity index (χ4n) is 1.97. The number of hydrogen-bond donors (Lipinski definition) is 1. The number of carbonyl (C=O) groups is 1. The van der Waals surface area contributed by atoms with E-state index in [1.165, 1.54) is 0 Å². The Morgan fingerprint density at radius 2 is 2.17 bits per heavy atom. The number of rotatable bonds is 2. The van der Waals surface area contributed by atoms with Crippen molar-refractivity contribution in [3.8, 4) is 0 Å². The van der Waals surface area contributed by atoms with Crippen LogP contribution in [0.3, 0.4) is 0 Å². The number of nitrogens with zero attached hydrogens (tertiary/aromatic N) is 1. The van der Waals surface area contributed by atoms with E-state index in [1.54, 1.807) is 17.0 Å². The first kappa shape index (κ1) is 13.5. The minimum atomic E-state index is -0.277. The molecular weight excluding hydrogens is 298 g/mol. The molecule has 2 atom stereocenters. The van der Waals surface area contributed by atoms with E-state index >= 15 is 0 Å². The Kier molecular flexibility index (Phi) is 4.37. The maximum atomic E-state index is 12.4. The lowest BCUT2D eigenvalue weighted by atomic mass is 10.1. The summed E-state index contributed by atoms with van der Waals surface area (Å²) >= 11 is 3.35. The molecule has 1 fully saturated rings. The summed E-state index contributed by atoms with van der Waals surface area (Å²) in [5, 5.41) is 9.11. The molecule has 98 valence electrons. The summed E-state index contributed by atoms with van der Waals surface area (Å²) in [5.74, 6) is -0.0169. The van der Waals surface area contributed by atoms with Gasteiger partial charge in [0.1, 0.15) is 0 Å². The molecule has 18 heavy (non-hydrogen) atoms. The molecule has 0 spiro atoms. The fourth-order valence-corrected chi connectivity index (χ4v) is 2.23. The number of amides is 1. The Hall–Kier alpha value is -0.910. The van der Waals surface area contributed by atoms with Crippen molar-refractivity contribution in [1.29, 1.82) is 0 Å². The first-order chi connectivity index (χ1) is 8.61. The van der Waals surface area contributed by atoms with Gasteiger partial charge in [0.05, 0.1) is 25.4 Å². The number of benzene rings is 1. The lowest BCUT2D eigenvalue weighted by molar-refractivity contribution is -0.0667. The molecule has 0 radical (unpaired) electrons. The molecule has 4 nitrogen and oxygen atoms in total. The minimum Gasteiger partial charge on any atom is -0.394 e. The minimum absolute atomic E-state index is 0.0169. The summed E-state index contributed by atoms with van der Waals surface area (Å²) < 4.78 is 6.37. The van der Waals surface area contributed by atoms with E-state index in [2.05, 4.69) is 15.9 Å². The third-order valence-corrected chi connectivity index (χ3v) is 3.59. The molecule has 1 aromatic carbocycles. The topological polar surface area (TPSA) is 49.8 Å². The zero-order valence-electron chi connectivity index (χ0n) is 10.2. The first-order valence-electron chi connectivity index (χ1n) is 5.91. The second-order valence-corrected chi connectivity index (χ2v) is 5.37. The van der Waals surface area contributed by atoms with Gasteiger partial charge in [-0.05, 0) is 31.2 Å². The number of aliphatic hydroxyl groups is 1. The summed E-state index contributed by atoms with van der Waals surface area (Å²) in [7, 11) is 0. The fraction of sp³-hybridized carbons (Fsp3) is 0.462. The Labute approximate surface area is 115 Å². The van der Waals surface area contributed by atoms with Crippen LogP contribution in [0, 0.1) is 0 Å². The van der Waals surface area contributed by atoms with Crippen molar-refractivity contribution in [2.75, 3.05) is 19.8 Å². The van der Waals surface area contributed by atoms with Crippen molar-refractivity contribution in [1.82, 2.24) is 4.90 Å². The highest BCUT2D eigenvalue weighted by Crippen LogP contribution is 2.17. The van der Waals surface area contributed by atoms with Crippen molar-refractivity contribution < 1.29 is 14.6 Å². The predicted octanol–water partition coefficient (Wildman–Crippen LogP) is 1.67. The standard InChI is InChI=1S/C13H16BrNO3/c1-9-8-18-12(7-16)6-15(9)13(17)10-2-4-11(14)5-3-10/h2-5,9,12,16H,6-8H2,1H3. The predicted molar refractivity (Wildman–Crippen MR) is 71.5 cm³/mol. The highest BCUT2D eigenvalue weighted by atomic mass is 79.9. The van der Waals surface area contributed by atoms with Gasteiger partial charge in [0.25, 0.3) is 5.91 Å². The Morgan fingerprint density at radius 1 is 1.50 bits per heavy atom. The van der Waals surface area contributed by atoms with Crippen molar-refractivity contribution in [3.05, 3.63) is 34.3 Å². The molecule has 2 rings (SSSR count). The van der Waals surface area contributed by atoms with Crippen LogP contribution in [0.2, 0.25) is 0 Å². The summed E-state index contributed by atoms with van der Waals surface area (Å²) in [6.45, 7) is 2.79. The van der Waals surface area contributed by atoms with Gasteiger partial charge in [-0.25, -0.2) is 0 Å². The van der Waals surface area contributed by atoms with E-state index < -0.39 is 0 Å². The number of carbonyl (C=O) groups excluding carboxylic acids is 1. The van der Waals surface area contributed by atoms with E-state index in [4.69, 9.17) is 9.84 Å². The molecule has 0 aliphatic carbocycles. The van der Waals surface area contributed by atoms with Gasteiger partial charge in [-0.3, -0.25) is 4.79 Å². The van der Waals surface area contributed by atoms with Crippen LogP contribution in [0.1, 0.15) is 17.3 Å². The second kappa shape index (κ2) is 5.82. The molecule has 1 aliphatic heterocycles. The molecule has 1 N–H and O–H groups in total. The Bertz CT molecular complexity index is 421.